The largest absolute Gasteiger partial charge is 0.329 e. The number of hydrogen-bond donors (Lipinski definition) is 1. The van der Waals surface area contributed by atoms with Crippen molar-refractivity contribution < 1.29 is 4.39 Å². The predicted octanol–water partition coefficient (Wildman–Crippen LogP) is 3.21. The summed E-state index contributed by atoms with van der Waals surface area (Å²) in [5, 5.41) is 0. The summed E-state index contributed by atoms with van der Waals surface area (Å²) in [4.78, 5) is 2.53. The molecule has 0 spiro atoms. The number of likely N-dealkylation sites (tertiary alicyclic amines) is 1. The minimum absolute atomic E-state index is 0.0953. The van der Waals surface area contributed by atoms with Gasteiger partial charge in [0.05, 0.1) is 0 Å². The molecule has 3 unspecified atom stereocenters. The molecular weight excluding hydrogens is 251 g/mol. The maximum absolute atomic E-state index is 13.4. The summed E-state index contributed by atoms with van der Waals surface area (Å²) >= 11 is 0. The van der Waals surface area contributed by atoms with E-state index in [-0.39, 0.29) is 11.4 Å². The lowest BCUT2D eigenvalue weighted by Gasteiger charge is -2.48. The molecule has 0 aliphatic carbocycles. The van der Waals surface area contributed by atoms with Crippen molar-refractivity contribution in [2.75, 3.05) is 13.1 Å². The van der Waals surface area contributed by atoms with E-state index in [9.17, 15) is 4.39 Å². The zero-order chi connectivity index (χ0) is 14.8. The van der Waals surface area contributed by atoms with Gasteiger partial charge in [-0.05, 0) is 56.7 Å². The molecule has 20 heavy (non-hydrogen) atoms. The van der Waals surface area contributed by atoms with Crippen LogP contribution in [0.3, 0.4) is 0 Å². The van der Waals surface area contributed by atoms with E-state index in [2.05, 4.69) is 25.7 Å². The third kappa shape index (κ3) is 3.39. The molecule has 0 radical (unpaired) electrons. The van der Waals surface area contributed by atoms with Gasteiger partial charge in [-0.3, -0.25) is 4.90 Å². The van der Waals surface area contributed by atoms with Crippen LogP contribution in [0.5, 0.6) is 0 Å². The molecule has 0 aromatic heterocycles. The Morgan fingerprint density at radius 1 is 1.35 bits per heavy atom. The monoisotopic (exact) mass is 278 g/mol. The van der Waals surface area contributed by atoms with Gasteiger partial charge in [-0.2, -0.15) is 0 Å². The molecule has 2 nitrogen and oxygen atoms in total. The smallest absolute Gasteiger partial charge is 0.123 e. The number of nitrogens with two attached hydrogens (primary N) is 1. The first-order valence-electron chi connectivity index (χ1n) is 7.66. The molecule has 1 aromatic rings. The Morgan fingerprint density at radius 3 is 2.75 bits per heavy atom. The highest BCUT2D eigenvalue weighted by Gasteiger charge is 2.36. The van der Waals surface area contributed by atoms with Gasteiger partial charge >= 0.3 is 0 Å². The number of nitrogens with zero attached hydrogens (tertiary/aromatic N) is 1. The van der Waals surface area contributed by atoms with Crippen molar-refractivity contribution in [3.8, 4) is 0 Å². The lowest BCUT2D eigenvalue weighted by molar-refractivity contribution is 0.0210. The summed E-state index contributed by atoms with van der Waals surface area (Å²) in [6, 6.07) is 7.45. The van der Waals surface area contributed by atoms with E-state index < -0.39 is 0 Å². The van der Waals surface area contributed by atoms with Gasteiger partial charge in [-0.1, -0.05) is 19.1 Å². The molecular formula is C17H27FN2. The van der Waals surface area contributed by atoms with Crippen LogP contribution in [0.15, 0.2) is 24.3 Å². The summed E-state index contributed by atoms with van der Waals surface area (Å²) in [5.41, 5.74) is 7.03. The average Bonchev–Trinajstić information content (AvgIpc) is 2.41. The van der Waals surface area contributed by atoms with Crippen LogP contribution in [0.4, 0.5) is 4.39 Å². The van der Waals surface area contributed by atoms with Gasteiger partial charge in [-0.15, -0.1) is 0 Å². The molecule has 0 amide bonds. The first-order valence-corrected chi connectivity index (χ1v) is 7.66. The second-order valence-corrected chi connectivity index (χ2v) is 6.69. The second-order valence-electron chi connectivity index (χ2n) is 6.69. The van der Waals surface area contributed by atoms with Crippen molar-refractivity contribution in [3.05, 3.63) is 35.6 Å². The highest BCUT2D eigenvalue weighted by atomic mass is 19.1. The quantitative estimate of drug-likeness (QED) is 0.916. The Morgan fingerprint density at radius 2 is 2.10 bits per heavy atom. The van der Waals surface area contributed by atoms with E-state index in [1.807, 2.05) is 6.07 Å². The minimum atomic E-state index is -0.165. The minimum Gasteiger partial charge on any atom is -0.329 e. The maximum atomic E-state index is 13.4. The molecule has 3 heteroatoms. The van der Waals surface area contributed by atoms with Crippen molar-refractivity contribution >= 4 is 0 Å². The van der Waals surface area contributed by atoms with Gasteiger partial charge in [0.2, 0.25) is 0 Å². The van der Waals surface area contributed by atoms with Gasteiger partial charge in [0.1, 0.15) is 5.82 Å². The van der Waals surface area contributed by atoms with Gasteiger partial charge in [0.25, 0.3) is 0 Å². The van der Waals surface area contributed by atoms with Crippen LogP contribution >= 0.6 is 0 Å². The summed E-state index contributed by atoms with van der Waals surface area (Å²) in [5.74, 6) is 0.548. The lowest BCUT2D eigenvalue weighted by atomic mass is 9.84. The van der Waals surface area contributed by atoms with E-state index in [1.54, 1.807) is 12.1 Å². The van der Waals surface area contributed by atoms with Crippen molar-refractivity contribution in [1.29, 1.82) is 0 Å². The molecule has 1 aliphatic rings. The molecule has 2 N–H and O–H groups in total. The number of rotatable bonds is 4. The van der Waals surface area contributed by atoms with Gasteiger partial charge < -0.3 is 5.73 Å². The van der Waals surface area contributed by atoms with E-state index in [1.165, 1.54) is 18.9 Å². The number of halogens is 1. The molecule has 1 saturated heterocycles. The van der Waals surface area contributed by atoms with Crippen LogP contribution in [0.25, 0.3) is 0 Å². The highest BCUT2D eigenvalue weighted by molar-refractivity contribution is 5.19. The summed E-state index contributed by atoms with van der Waals surface area (Å²) in [6.45, 7) is 8.49. The van der Waals surface area contributed by atoms with Crippen LogP contribution in [-0.2, 0) is 6.42 Å². The van der Waals surface area contributed by atoms with Gasteiger partial charge in [-0.25, -0.2) is 4.39 Å². The molecule has 1 heterocycles. The average molecular weight is 278 g/mol. The normalized spacial score (nSPS) is 27.2. The lowest BCUT2D eigenvalue weighted by Crippen LogP contribution is -2.59. The predicted molar refractivity (Wildman–Crippen MR) is 82.1 cm³/mol. The standard InChI is InChI=1S/C17H27FN2/c1-13-7-8-14(2)20(11-13)17(3,12-19)10-15-5-4-6-16(18)9-15/h4-6,9,13-14H,7-8,10-12,19H2,1-3H3. The van der Waals surface area contributed by atoms with Crippen molar-refractivity contribution in [3.63, 3.8) is 0 Å². The fourth-order valence-electron chi connectivity index (χ4n) is 3.42. The first kappa shape index (κ1) is 15.5. The van der Waals surface area contributed by atoms with Crippen LogP contribution < -0.4 is 5.73 Å². The zero-order valence-corrected chi connectivity index (χ0v) is 12.9. The van der Waals surface area contributed by atoms with E-state index in [0.29, 0.717) is 18.5 Å². The van der Waals surface area contributed by atoms with Crippen LogP contribution in [0.2, 0.25) is 0 Å². The van der Waals surface area contributed by atoms with Crippen LogP contribution in [0.1, 0.15) is 39.2 Å². The highest BCUT2D eigenvalue weighted by Crippen LogP contribution is 2.30. The van der Waals surface area contributed by atoms with Crippen molar-refractivity contribution in [1.82, 2.24) is 4.90 Å². The van der Waals surface area contributed by atoms with Crippen molar-refractivity contribution in [2.45, 2.75) is 51.6 Å². The summed E-state index contributed by atoms with van der Waals surface area (Å²) in [7, 11) is 0. The topological polar surface area (TPSA) is 29.3 Å². The molecule has 0 saturated carbocycles. The van der Waals surface area contributed by atoms with Gasteiger partial charge in [0, 0.05) is 24.7 Å². The van der Waals surface area contributed by atoms with Crippen molar-refractivity contribution in [2.24, 2.45) is 11.7 Å². The second kappa shape index (κ2) is 6.23. The molecule has 1 fully saturated rings. The maximum Gasteiger partial charge on any atom is 0.123 e. The Kier molecular flexibility index (Phi) is 4.82. The number of hydrogen-bond acceptors (Lipinski definition) is 2. The van der Waals surface area contributed by atoms with E-state index >= 15 is 0 Å². The third-order valence-corrected chi connectivity index (χ3v) is 4.72. The molecule has 3 atom stereocenters. The summed E-state index contributed by atoms with van der Waals surface area (Å²) < 4.78 is 13.4. The molecule has 112 valence electrons. The third-order valence-electron chi connectivity index (χ3n) is 4.72. The van der Waals surface area contributed by atoms with E-state index in [0.717, 1.165) is 18.5 Å². The molecule has 2 rings (SSSR count). The van der Waals surface area contributed by atoms with Crippen LogP contribution in [0, 0.1) is 11.7 Å². The molecule has 1 aliphatic heterocycles. The first-order chi connectivity index (χ1) is 9.44. The molecule has 1 aromatic carbocycles. The Bertz CT molecular complexity index is 448. The van der Waals surface area contributed by atoms with E-state index in [4.69, 9.17) is 5.73 Å². The zero-order valence-electron chi connectivity index (χ0n) is 12.9. The Hall–Kier alpha value is -0.930. The Balaban J connectivity index is 2.19. The number of piperidine rings is 1. The molecule has 0 bridgehead atoms. The number of benzene rings is 1. The fraction of sp³-hybridized carbons (Fsp3) is 0.647. The fourth-order valence-corrected chi connectivity index (χ4v) is 3.42. The Labute approximate surface area is 122 Å². The van der Waals surface area contributed by atoms with Crippen LogP contribution in [-0.4, -0.2) is 29.6 Å². The summed E-state index contributed by atoms with van der Waals surface area (Å²) in [6.07, 6.45) is 3.32. The van der Waals surface area contributed by atoms with Gasteiger partial charge in [0.15, 0.2) is 0 Å². The SMILES string of the molecule is CC1CCC(C)N(C(C)(CN)Cc2cccc(F)c2)C1.